The SMILES string of the molecule is O=C1NC(=O)C(c2ccc(-c3ccccc3)cc2)C1=O. The minimum atomic E-state index is -1.01. The van der Waals surface area contributed by atoms with E-state index < -0.39 is 23.5 Å². The molecule has 1 saturated heterocycles. The largest absolute Gasteiger partial charge is 0.295 e. The van der Waals surface area contributed by atoms with Crippen LogP contribution in [0.25, 0.3) is 11.1 Å². The maximum Gasteiger partial charge on any atom is 0.295 e. The molecule has 1 aliphatic heterocycles. The van der Waals surface area contributed by atoms with Crippen molar-refractivity contribution in [3.8, 4) is 11.1 Å². The van der Waals surface area contributed by atoms with Crippen molar-refractivity contribution in [2.45, 2.75) is 5.92 Å². The van der Waals surface area contributed by atoms with Gasteiger partial charge < -0.3 is 0 Å². The number of carbonyl (C=O) groups is 3. The number of rotatable bonds is 2. The molecule has 0 bridgehead atoms. The van der Waals surface area contributed by atoms with Gasteiger partial charge in [0.1, 0.15) is 5.92 Å². The summed E-state index contributed by atoms with van der Waals surface area (Å²) in [6.07, 6.45) is 0. The first-order valence-electron chi connectivity index (χ1n) is 6.21. The number of amides is 2. The van der Waals surface area contributed by atoms with Crippen LogP contribution >= 0.6 is 0 Å². The van der Waals surface area contributed by atoms with Crippen LogP contribution in [-0.2, 0) is 14.4 Å². The Morgan fingerprint density at radius 3 is 1.90 bits per heavy atom. The minimum absolute atomic E-state index is 0.540. The summed E-state index contributed by atoms with van der Waals surface area (Å²) < 4.78 is 0. The molecule has 1 unspecified atom stereocenters. The summed E-state index contributed by atoms with van der Waals surface area (Å²) in [5, 5.41) is 2.03. The van der Waals surface area contributed by atoms with Gasteiger partial charge in [0.2, 0.25) is 11.7 Å². The number of ketones is 1. The van der Waals surface area contributed by atoms with Crippen LogP contribution in [0.4, 0.5) is 0 Å². The number of benzene rings is 2. The molecule has 1 fully saturated rings. The van der Waals surface area contributed by atoms with Gasteiger partial charge in [-0.1, -0.05) is 54.6 Å². The second-order valence-corrected chi connectivity index (χ2v) is 4.60. The maximum atomic E-state index is 11.6. The maximum absolute atomic E-state index is 11.6. The average Bonchev–Trinajstić information content (AvgIpc) is 2.73. The molecule has 20 heavy (non-hydrogen) atoms. The van der Waals surface area contributed by atoms with Crippen molar-refractivity contribution < 1.29 is 14.4 Å². The predicted octanol–water partition coefficient (Wildman–Crippen LogP) is 1.66. The highest BCUT2D eigenvalue weighted by Gasteiger charge is 2.40. The van der Waals surface area contributed by atoms with E-state index in [4.69, 9.17) is 0 Å². The highest BCUT2D eigenvalue weighted by molar-refractivity contribution is 6.50. The molecule has 0 spiro atoms. The summed E-state index contributed by atoms with van der Waals surface area (Å²) in [5.41, 5.74) is 2.59. The summed E-state index contributed by atoms with van der Waals surface area (Å²) in [6.45, 7) is 0. The second-order valence-electron chi connectivity index (χ2n) is 4.60. The third-order valence-corrected chi connectivity index (χ3v) is 3.34. The van der Waals surface area contributed by atoms with E-state index in [2.05, 4.69) is 0 Å². The van der Waals surface area contributed by atoms with Crippen LogP contribution in [0.3, 0.4) is 0 Å². The average molecular weight is 265 g/mol. The fourth-order valence-electron chi connectivity index (χ4n) is 2.30. The Labute approximate surface area is 115 Å². The first kappa shape index (κ1) is 12.3. The van der Waals surface area contributed by atoms with E-state index in [0.29, 0.717) is 5.56 Å². The summed E-state index contributed by atoms with van der Waals surface area (Å²) in [7, 11) is 0. The smallest absolute Gasteiger partial charge is 0.289 e. The molecule has 3 rings (SSSR count). The van der Waals surface area contributed by atoms with Crippen molar-refractivity contribution in [2.24, 2.45) is 0 Å². The van der Waals surface area contributed by atoms with E-state index in [1.54, 1.807) is 12.1 Å². The first-order chi connectivity index (χ1) is 9.66. The molecule has 1 aliphatic rings. The molecule has 1 atom stereocenters. The van der Waals surface area contributed by atoms with E-state index in [-0.39, 0.29) is 0 Å². The number of hydrogen-bond acceptors (Lipinski definition) is 3. The molecule has 0 aromatic heterocycles. The third-order valence-electron chi connectivity index (χ3n) is 3.34. The number of hydrogen-bond donors (Lipinski definition) is 1. The fraction of sp³-hybridized carbons (Fsp3) is 0.0625. The molecule has 4 heteroatoms. The van der Waals surface area contributed by atoms with E-state index in [0.717, 1.165) is 11.1 Å². The summed E-state index contributed by atoms with van der Waals surface area (Å²) in [4.78, 5) is 34.4. The van der Waals surface area contributed by atoms with Crippen LogP contribution in [0.15, 0.2) is 54.6 Å². The highest BCUT2D eigenvalue weighted by atomic mass is 16.2. The summed E-state index contributed by atoms with van der Waals surface area (Å²) in [5.74, 6) is -3.07. The van der Waals surface area contributed by atoms with Crippen LogP contribution < -0.4 is 5.32 Å². The minimum Gasteiger partial charge on any atom is -0.289 e. The molecule has 1 N–H and O–H groups in total. The highest BCUT2D eigenvalue weighted by Crippen LogP contribution is 2.25. The zero-order valence-corrected chi connectivity index (χ0v) is 10.5. The predicted molar refractivity (Wildman–Crippen MR) is 72.8 cm³/mol. The lowest BCUT2D eigenvalue weighted by Gasteiger charge is -2.07. The van der Waals surface area contributed by atoms with Crippen LogP contribution in [-0.4, -0.2) is 17.6 Å². The van der Waals surface area contributed by atoms with Crippen molar-refractivity contribution in [1.29, 1.82) is 0 Å². The lowest BCUT2D eigenvalue weighted by Crippen LogP contribution is -2.22. The van der Waals surface area contributed by atoms with E-state index in [9.17, 15) is 14.4 Å². The zero-order valence-electron chi connectivity index (χ0n) is 10.5. The summed E-state index contributed by atoms with van der Waals surface area (Å²) >= 11 is 0. The first-order valence-corrected chi connectivity index (χ1v) is 6.21. The topological polar surface area (TPSA) is 63.2 Å². The van der Waals surface area contributed by atoms with Gasteiger partial charge in [-0.3, -0.25) is 19.7 Å². The Kier molecular flexibility index (Phi) is 2.91. The van der Waals surface area contributed by atoms with Gasteiger partial charge in [-0.15, -0.1) is 0 Å². The molecule has 1 heterocycles. The molecule has 2 aromatic carbocycles. The molecule has 2 aromatic rings. The van der Waals surface area contributed by atoms with Crippen LogP contribution in [0.5, 0.6) is 0 Å². The third kappa shape index (κ3) is 2.01. The Morgan fingerprint density at radius 2 is 1.35 bits per heavy atom. The van der Waals surface area contributed by atoms with Gasteiger partial charge in [-0.05, 0) is 16.7 Å². The number of carbonyl (C=O) groups excluding carboxylic acids is 3. The summed E-state index contributed by atoms with van der Waals surface area (Å²) in [6, 6.07) is 16.9. The van der Waals surface area contributed by atoms with Gasteiger partial charge in [0.15, 0.2) is 0 Å². The molecule has 0 radical (unpaired) electrons. The zero-order chi connectivity index (χ0) is 14.1. The van der Waals surface area contributed by atoms with E-state index >= 15 is 0 Å². The van der Waals surface area contributed by atoms with Crippen molar-refractivity contribution >= 4 is 17.6 Å². The monoisotopic (exact) mass is 265 g/mol. The molecule has 4 nitrogen and oxygen atoms in total. The van der Waals surface area contributed by atoms with Crippen molar-refractivity contribution in [1.82, 2.24) is 5.32 Å². The lowest BCUT2D eigenvalue weighted by atomic mass is 9.94. The van der Waals surface area contributed by atoms with Gasteiger partial charge in [0.05, 0.1) is 0 Å². The Hall–Kier alpha value is -2.75. The van der Waals surface area contributed by atoms with Gasteiger partial charge in [-0.2, -0.15) is 0 Å². The molecular weight excluding hydrogens is 254 g/mol. The van der Waals surface area contributed by atoms with Gasteiger partial charge >= 0.3 is 0 Å². The number of nitrogens with one attached hydrogen (secondary N) is 1. The normalized spacial score (nSPS) is 18.2. The van der Waals surface area contributed by atoms with Crippen molar-refractivity contribution in [3.05, 3.63) is 60.2 Å². The van der Waals surface area contributed by atoms with Gasteiger partial charge in [0, 0.05) is 0 Å². The molecule has 2 amide bonds. The molecule has 98 valence electrons. The fourth-order valence-corrected chi connectivity index (χ4v) is 2.30. The molecular formula is C16H11NO3. The van der Waals surface area contributed by atoms with Gasteiger partial charge in [-0.25, -0.2) is 0 Å². The second kappa shape index (κ2) is 4.74. The Bertz CT molecular complexity index is 689. The lowest BCUT2D eigenvalue weighted by molar-refractivity contribution is -0.135. The number of Topliss-reactive ketones (excluding diaryl/α,β-unsaturated/α-hetero) is 1. The van der Waals surface area contributed by atoms with Crippen molar-refractivity contribution in [2.75, 3.05) is 0 Å². The van der Waals surface area contributed by atoms with Crippen LogP contribution in [0.2, 0.25) is 0 Å². The van der Waals surface area contributed by atoms with Crippen molar-refractivity contribution in [3.63, 3.8) is 0 Å². The molecule has 0 saturated carbocycles. The standard InChI is InChI=1S/C16H11NO3/c18-14-13(15(19)17-16(14)20)12-8-6-11(7-9-12)10-4-2-1-3-5-10/h1-9,13H,(H,17,19,20). The van der Waals surface area contributed by atoms with Gasteiger partial charge in [0.25, 0.3) is 5.91 Å². The van der Waals surface area contributed by atoms with E-state index in [1.807, 2.05) is 47.8 Å². The Morgan fingerprint density at radius 1 is 0.750 bits per heavy atom. The van der Waals surface area contributed by atoms with Crippen LogP contribution in [0, 0.1) is 0 Å². The molecule has 0 aliphatic carbocycles. The van der Waals surface area contributed by atoms with E-state index in [1.165, 1.54) is 0 Å². The van der Waals surface area contributed by atoms with Crippen LogP contribution in [0.1, 0.15) is 11.5 Å². The number of imide groups is 1. The Balaban J connectivity index is 1.93. The quantitative estimate of drug-likeness (QED) is 0.510.